The van der Waals surface area contributed by atoms with Crippen molar-refractivity contribution in [1.82, 2.24) is 0 Å². The molecule has 0 aromatic heterocycles. The summed E-state index contributed by atoms with van der Waals surface area (Å²) in [7, 11) is 0. The van der Waals surface area contributed by atoms with E-state index in [2.05, 4.69) is 81.4 Å². The van der Waals surface area contributed by atoms with Gasteiger partial charge in [-0.1, -0.05) is 81.4 Å². The van der Waals surface area contributed by atoms with Crippen molar-refractivity contribution in [1.29, 1.82) is 0 Å². The third-order valence-corrected chi connectivity index (χ3v) is 13.4. The average molecular weight is 599 g/mol. The van der Waals surface area contributed by atoms with Crippen LogP contribution in [0.2, 0.25) is 0 Å². The van der Waals surface area contributed by atoms with Crippen LogP contribution in [0.1, 0.15) is 116 Å². The molecule has 0 spiro atoms. The summed E-state index contributed by atoms with van der Waals surface area (Å²) in [5.41, 5.74) is 3.03. The summed E-state index contributed by atoms with van der Waals surface area (Å²) in [4.78, 5) is 24.4. The van der Waals surface area contributed by atoms with E-state index in [4.69, 9.17) is 9.47 Å². The maximum atomic E-state index is 12.6. The van der Waals surface area contributed by atoms with Gasteiger partial charge in [0.25, 0.3) is 0 Å². The van der Waals surface area contributed by atoms with Crippen LogP contribution in [-0.4, -0.2) is 24.1 Å². The Morgan fingerprint density at radius 1 is 0.773 bits per heavy atom. The molecule has 4 nitrogen and oxygen atoms in total. The van der Waals surface area contributed by atoms with Gasteiger partial charge in [0.1, 0.15) is 12.2 Å². The van der Waals surface area contributed by atoms with E-state index in [0.29, 0.717) is 41.4 Å². The molecule has 238 valence electrons. The van der Waals surface area contributed by atoms with Gasteiger partial charge in [0.2, 0.25) is 0 Å². The van der Waals surface area contributed by atoms with Crippen molar-refractivity contribution in [3.63, 3.8) is 0 Å². The van der Waals surface area contributed by atoms with Crippen molar-refractivity contribution in [2.24, 2.45) is 46.3 Å². The van der Waals surface area contributed by atoms with Crippen LogP contribution in [0.3, 0.4) is 0 Å². The lowest BCUT2D eigenvalue weighted by molar-refractivity contribution is -0.197. The van der Waals surface area contributed by atoms with Crippen molar-refractivity contribution in [2.75, 3.05) is 0 Å². The van der Waals surface area contributed by atoms with Gasteiger partial charge in [-0.25, -0.2) is 0 Å². The Morgan fingerprint density at radius 2 is 1.41 bits per heavy atom. The highest BCUT2D eigenvalue weighted by atomic mass is 16.5. The SMILES string of the molecule is CC(=O)O[C@H]1CC[C@@]2(C)[C@@H](CC[C@@H]3[C@@H]2C[C@H](OC(C)=O)[C@]2(C)[C@@H]([C@H](C)CCC(c4ccccc4)c4ccccc4)CC[C@@H]32)C1. The normalized spacial score (nSPS) is 36.9. The Morgan fingerprint density at radius 3 is 2.02 bits per heavy atom. The minimum absolute atomic E-state index is 0.0133. The fraction of sp³-hybridized carbons (Fsp3) is 0.650. The summed E-state index contributed by atoms with van der Waals surface area (Å²) in [5.74, 6) is 3.65. The maximum Gasteiger partial charge on any atom is 0.302 e. The van der Waals surface area contributed by atoms with E-state index in [1.807, 2.05) is 0 Å². The molecule has 6 rings (SSSR count). The van der Waals surface area contributed by atoms with E-state index in [9.17, 15) is 9.59 Å². The Labute approximate surface area is 265 Å². The number of fused-ring (bicyclic) bond motifs is 5. The van der Waals surface area contributed by atoms with Gasteiger partial charge < -0.3 is 9.47 Å². The summed E-state index contributed by atoms with van der Waals surface area (Å²) < 4.78 is 12.1. The highest BCUT2D eigenvalue weighted by molar-refractivity contribution is 5.66. The molecule has 0 heterocycles. The Hall–Kier alpha value is -2.62. The summed E-state index contributed by atoms with van der Waals surface area (Å²) in [6.07, 6.45) is 11.3. The third kappa shape index (κ3) is 5.76. The summed E-state index contributed by atoms with van der Waals surface area (Å²) in [6, 6.07) is 22.0. The van der Waals surface area contributed by atoms with Crippen molar-refractivity contribution in [3.05, 3.63) is 71.8 Å². The zero-order valence-electron chi connectivity index (χ0n) is 27.7. The molecule has 0 unspecified atom stereocenters. The maximum absolute atomic E-state index is 12.6. The number of carbonyl (C=O) groups is 2. The fourth-order valence-corrected chi connectivity index (χ4v) is 11.4. The number of benzene rings is 2. The van der Waals surface area contributed by atoms with Crippen LogP contribution in [0, 0.1) is 46.3 Å². The highest BCUT2D eigenvalue weighted by Crippen LogP contribution is 2.69. The third-order valence-electron chi connectivity index (χ3n) is 13.4. The zero-order chi connectivity index (χ0) is 31.1. The van der Waals surface area contributed by atoms with Crippen LogP contribution in [0.4, 0.5) is 0 Å². The largest absolute Gasteiger partial charge is 0.463 e. The molecule has 4 aliphatic carbocycles. The molecule has 4 heteroatoms. The van der Waals surface area contributed by atoms with Gasteiger partial charge >= 0.3 is 11.9 Å². The van der Waals surface area contributed by atoms with Crippen LogP contribution < -0.4 is 0 Å². The summed E-state index contributed by atoms with van der Waals surface area (Å²) in [5, 5.41) is 0. The molecular weight excluding hydrogens is 544 g/mol. The lowest BCUT2D eigenvalue weighted by Gasteiger charge is -2.62. The van der Waals surface area contributed by atoms with Crippen LogP contribution in [0.15, 0.2) is 60.7 Å². The van der Waals surface area contributed by atoms with Crippen molar-refractivity contribution in [2.45, 2.75) is 117 Å². The van der Waals surface area contributed by atoms with Crippen LogP contribution in [0.5, 0.6) is 0 Å². The second kappa shape index (κ2) is 12.6. The van der Waals surface area contributed by atoms with Gasteiger partial charge in [0.05, 0.1) is 0 Å². The van der Waals surface area contributed by atoms with Crippen LogP contribution in [-0.2, 0) is 19.1 Å². The smallest absolute Gasteiger partial charge is 0.302 e. The number of esters is 2. The first-order valence-corrected chi connectivity index (χ1v) is 17.6. The Kier molecular flexibility index (Phi) is 9.01. The Bertz CT molecular complexity index is 1250. The van der Waals surface area contributed by atoms with Gasteiger partial charge in [0, 0.05) is 25.2 Å². The van der Waals surface area contributed by atoms with Crippen molar-refractivity contribution in [3.8, 4) is 0 Å². The van der Waals surface area contributed by atoms with E-state index < -0.39 is 0 Å². The standard InChI is InChI=1S/C40H54O4/c1-26(16-18-33(29-12-8-6-9-13-29)30-14-10-7-11-15-30)35-20-21-36-34-19-17-31-24-32(43-27(2)41)22-23-39(31,4)37(34)25-38(40(35,36)5)44-28(3)42/h6-15,26,31-38H,16-25H2,1-5H3/t26-,31+,32+,34+,35-,36+,37+,38+,39+,40-/m1/s1. The highest BCUT2D eigenvalue weighted by Gasteiger charge is 2.65. The van der Waals surface area contributed by atoms with Gasteiger partial charge in [-0.05, 0) is 116 Å². The summed E-state index contributed by atoms with van der Waals surface area (Å²) in [6.45, 7) is 10.7. The van der Waals surface area contributed by atoms with Crippen molar-refractivity contribution < 1.29 is 19.1 Å². The fourth-order valence-electron chi connectivity index (χ4n) is 11.4. The Balaban J connectivity index is 1.22. The molecule has 2 aromatic rings. The zero-order valence-corrected chi connectivity index (χ0v) is 27.7. The molecule has 0 radical (unpaired) electrons. The number of hydrogen-bond donors (Lipinski definition) is 0. The number of ether oxygens (including phenoxy) is 2. The van der Waals surface area contributed by atoms with E-state index in [1.54, 1.807) is 6.92 Å². The molecule has 0 aliphatic heterocycles. The topological polar surface area (TPSA) is 52.6 Å². The van der Waals surface area contributed by atoms with Gasteiger partial charge in [-0.15, -0.1) is 0 Å². The second-order valence-corrected chi connectivity index (χ2v) is 15.5. The van der Waals surface area contributed by atoms with E-state index in [0.717, 1.165) is 32.1 Å². The van der Waals surface area contributed by atoms with Crippen LogP contribution in [0.25, 0.3) is 0 Å². The van der Waals surface area contributed by atoms with Gasteiger partial charge in [-0.3, -0.25) is 9.59 Å². The van der Waals surface area contributed by atoms with Gasteiger partial charge in [-0.2, -0.15) is 0 Å². The predicted octanol–water partition coefficient (Wildman–Crippen LogP) is 9.37. The number of carbonyl (C=O) groups excluding carboxylic acids is 2. The quantitative estimate of drug-likeness (QED) is 0.284. The molecule has 4 saturated carbocycles. The van der Waals surface area contributed by atoms with E-state index >= 15 is 0 Å². The molecule has 0 N–H and O–H groups in total. The molecule has 2 aromatic carbocycles. The first-order chi connectivity index (χ1) is 21.1. The first kappa shape index (κ1) is 31.4. The molecule has 0 amide bonds. The van der Waals surface area contributed by atoms with E-state index in [1.165, 1.54) is 50.2 Å². The molecule has 0 bridgehead atoms. The molecule has 10 atom stereocenters. The van der Waals surface area contributed by atoms with Crippen LogP contribution >= 0.6 is 0 Å². The number of rotatable bonds is 8. The van der Waals surface area contributed by atoms with Gasteiger partial charge in [0.15, 0.2) is 0 Å². The predicted molar refractivity (Wildman–Crippen MR) is 175 cm³/mol. The lowest BCUT2D eigenvalue weighted by Crippen LogP contribution is -2.59. The number of hydrogen-bond acceptors (Lipinski definition) is 4. The molecule has 4 aliphatic rings. The minimum atomic E-state index is -0.152. The average Bonchev–Trinajstić information content (AvgIpc) is 3.37. The molecule has 0 saturated heterocycles. The molecule has 4 fully saturated rings. The van der Waals surface area contributed by atoms with Crippen molar-refractivity contribution >= 4 is 11.9 Å². The second-order valence-electron chi connectivity index (χ2n) is 15.5. The lowest BCUT2D eigenvalue weighted by atomic mass is 9.43. The molecular formula is C40H54O4. The molecule has 44 heavy (non-hydrogen) atoms. The minimum Gasteiger partial charge on any atom is -0.463 e. The summed E-state index contributed by atoms with van der Waals surface area (Å²) >= 11 is 0. The van der Waals surface area contributed by atoms with E-state index in [-0.39, 0.29) is 35.0 Å². The monoisotopic (exact) mass is 598 g/mol. The first-order valence-electron chi connectivity index (χ1n) is 17.6.